The summed E-state index contributed by atoms with van der Waals surface area (Å²) < 4.78 is 41.6. The van der Waals surface area contributed by atoms with Gasteiger partial charge in [-0.25, -0.2) is 13.6 Å². The minimum atomic E-state index is -1.76. The van der Waals surface area contributed by atoms with Crippen molar-refractivity contribution in [3.05, 3.63) is 35.4 Å². The van der Waals surface area contributed by atoms with Gasteiger partial charge in [-0.1, -0.05) is 6.07 Å². The highest BCUT2D eigenvalue weighted by atomic mass is 32.2. The molecule has 1 fully saturated rings. The van der Waals surface area contributed by atoms with E-state index >= 15 is 0 Å². The summed E-state index contributed by atoms with van der Waals surface area (Å²) >= 11 is -1.70. The lowest BCUT2D eigenvalue weighted by molar-refractivity contribution is -0.147. The molecule has 2 rings (SSSR count). The van der Waals surface area contributed by atoms with Crippen LogP contribution in [-0.2, 0) is 25.7 Å². The maximum Gasteiger partial charge on any atom is 0.330 e. The summed E-state index contributed by atoms with van der Waals surface area (Å²) in [6.07, 6.45) is -0.511. The van der Waals surface area contributed by atoms with E-state index in [4.69, 9.17) is 0 Å². The van der Waals surface area contributed by atoms with Gasteiger partial charge in [-0.2, -0.15) is 0 Å². The molecule has 3 atom stereocenters. The molecule has 1 heterocycles. The van der Waals surface area contributed by atoms with Crippen LogP contribution in [0.2, 0.25) is 0 Å². The molecule has 2 N–H and O–H groups in total. The highest BCUT2D eigenvalue weighted by Gasteiger charge is 2.45. The standard InChI is InChI=1S/C19H23F2N3O5S/c1-5-24-17(27)15(16(26)22-18(24)28)14(25)9-13(23-30(29)19(2,3)4)10-6-7-11(20)12(21)8-10/h6-8,13,15,23H,5,9H2,1-4H3,(H,22,26,28)/t13-,15+,30?/m1/s1. The Morgan fingerprint density at radius 3 is 2.43 bits per heavy atom. The molecule has 0 spiro atoms. The fraction of sp³-hybridized carbons (Fsp3) is 0.474. The van der Waals surface area contributed by atoms with E-state index in [1.807, 2.05) is 5.32 Å². The molecule has 0 aromatic heterocycles. The fourth-order valence-electron chi connectivity index (χ4n) is 2.78. The number of barbiturate groups is 1. The van der Waals surface area contributed by atoms with Crippen LogP contribution in [0, 0.1) is 17.6 Å². The van der Waals surface area contributed by atoms with E-state index in [0.717, 1.165) is 17.0 Å². The molecule has 30 heavy (non-hydrogen) atoms. The largest absolute Gasteiger partial charge is 0.598 e. The second-order valence-corrected chi connectivity index (χ2v) is 9.70. The van der Waals surface area contributed by atoms with Crippen LogP contribution in [0.3, 0.4) is 0 Å². The molecular formula is C19H23F2N3O5S. The summed E-state index contributed by atoms with van der Waals surface area (Å²) in [5.41, 5.74) is 0.118. The van der Waals surface area contributed by atoms with Crippen molar-refractivity contribution in [3.63, 3.8) is 0 Å². The summed E-state index contributed by atoms with van der Waals surface area (Å²) in [5.74, 6) is -6.89. The first-order chi connectivity index (χ1) is 13.9. The molecule has 164 valence electrons. The van der Waals surface area contributed by atoms with Gasteiger partial charge >= 0.3 is 6.03 Å². The number of benzene rings is 1. The van der Waals surface area contributed by atoms with E-state index in [1.54, 1.807) is 20.8 Å². The minimum Gasteiger partial charge on any atom is -0.598 e. The lowest BCUT2D eigenvalue weighted by atomic mass is 9.92. The average Bonchev–Trinajstić information content (AvgIpc) is 2.62. The van der Waals surface area contributed by atoms with Crippen LogP contribution < -0.4 is 10.0 Å². The Hall–Kier alpha value is -2.37. The number of carbonyl (C=O) groups excluding carboxylic acids is 4. The van der Waals surface area contributed by atoms with Gasteiger partial charge in [0, 0.05) is 24.3 Å². The van der Waals surface area contributed by atoms with E-state index in [-0.39, 0.29) is 12.1 Å². The molecule has 8 nitrogen and oxygen atoms in total. The lowest BCUT2D eigenvalue weighted by Crippen LogP contribution is -2.60. The van der Waals surface area contributed by atoms with Crippen molar-refractivity contribution in [1.82, 2.24) is 14.9 Å². The lowest BCUT2D eigenvalue weighted by Gasteiger charge is -2.30. The maximum absolute atomic E-state index is 13.7. The van der Waals surface area contributed by atoms with Gasteiger partial charge < -0.3 is 4.55 Å². The van der Waals surface area contributed by atoms with Gasteiger partial charge in [0.05, 0.1) is 6.04 Å². The molecule has 1 aliphatic rings. The molecule has 0 saturated carbocycles. The van der Waals surface area contributed by atoms with Crippen molar-refractivity contribution in [2.45, 2.75) is 44.9 Å². The third kappa shape index (κ3) is 5.21. The van der Waals surface area contributed by atoms with Crippen LogP contribution in [0.4, 0.5) is 13.6 Å². The zero-order chi connectivity index (χ0) is 22.8. The molecule has 0 bridgehead atoms. The van der Waals surface area contributed by atoms with Crippen molar-refractivity contribution in [3.8, 4) is 0 Å². The smallest absolute Gasteiger partial charge is 0.330 e. The number of rotatable bonds is 7. The number of hydrogen-bond acceptors (Lipinski definition) is 6. The molecule has 11 heteroatoms. The summed E-state index contributed by atoms with van der Waals surface area (Å²) in [5, 5.41) is 1.95. The monoisotopic (exact) mass is 443 g/mol. The Balaban J connectivity index is 2.33. The molecule has 1 aromatic rings. The van der Waals surface area contributed by atoms with E-state index in [1.165, 1.54) is 13.0 Å². The molecule has 0 radical (unpaired) electrons. The number of hydrogen-bond donors (Lipinski definition) is 2. The van der Waals surface area contributed by atoms with Gasteiger partial charge in [-0.3, -0.25) is 24.6 Å². The van der Waals surface area contributed by atoms with E-state index in [0.29, 0.717) is 0 Å². The fourth-order valence-corrected chi connectivity index (χ4v) is 3.61. The van der Waals surface area contributed by atoms with Crippen LogP contribution in [0.25, 0.3) is 0 Å². The van der Waals surface area contributed by atoms with Crippen LogP contribution in [0.15, 0.2) is 18.2 Å². The number of Topliss-reactive ketones (excluding diaryl/α,β-unsaturated/α-hetero) is 1. The van der Waals surface area contributed by atoms with E-state index < -0.39 is 69.8 Å². The normalized spacial score (nSPS) is 19.5. The minimum absolute atomic E-state index is 0.0411. The van der Waals surface area contributed by atoms with Crippen LogP contribution in [-0.4, -0.2) is 44.4 Å². The van der Waals surface area contributed by atoms with Gasteiger partial charge in [-0.05, 0) is 45.4 Å². The number of nitrogens with zero attached hydrogens (tertiary/aromatic N) is 1. The van der Waals surface area contributed by atoms with Crippen LogP contribution in [0.5, 0.6) is 0 Å². The van der Waals surface area contributed by atoms with Gasteiger partial charge in [0.15, 0.2) is 23.3 Å². The Labute approximate surface area is 175 Å². The summed E-state index contributed by atoms with van der Waals surface area (Å²) in [6, 6.07) is 0.944. The summed E-state index contributed by atoms with van der Waals surface area (Å²) in [4.78, 5) is 49.9. The van der Waals surface area contributed by atoms with Gasteiger partial charge in [0.25, 0.3) is 5.91 Å². The van der Waals surface area contributed by atoms with Gasteiger partial charge in [0.2, 0.25) is 5.91 Å². The van der Waals surface area contributed by atoms with Crippen molar-refractivity contribution >= 4 is 35.0 Å². The van der Waals surface area contributed by atoms with Crippen LogP contribution >= 0.6 is 0 Å². The maximum atomic E-state index is 13.7. The highest BCUT2D eigenvalue weighted by molar-refractivity contribution is 7.90. The molecule has 1 saturated heterocycles. The number of nitrogens with one attached hydrogen (secondary N) is 2. The number of halogens is 2. The first-order valence-electron chi connectivity index (χ1n) is 9.18. The first-order valence-corrected chi connectivity index (χ1v) is 10.3. The number of urea groups is 1. The summed E-state index contributed by atoms with van der Waals surface area (Å²) in [7, 11) is 0. The molecule has 0 aliphatic carbocycles. The Bertz CT molecular complexity index is 874. The summed E-state index contributed by atoms with van der Waals surface area (Å²) in [6.45, 7) is 6.48. The number of amides is 4. The van der Waals surface area contributed by atoms with Gasteiger partial charge in [-0.15, -0.1) is 4.72 Å². The quantitative estimate of drug-likeness (QED) is 0.489. The highest BCUT2D eigenvalue weighted by Crippen LogP contribution is 2.26. The number of imide groups is 2. The SMILES string of the molecule is CCN1C(=O)NC(=O)[C@H](C(=O)C[C@@H](N[S+]([O-])C(C)(C)C)c2ccc(F)c(F)c2)C1=O. The third-order valence-electron chi connectivity index (χ3n) is 4.45. The number of ketones is 1. The molecule has 1 aromatic carbocycles. The zero-order valence-electron chi connectivity index (χ0n) is 17.0. The van der Waals surface area contributed by atoms with Crippen LogP contribution in [0.1, 0.15) is 45.7 Å². The van der Waals surface area contributed by atoms with E-state index in [2.05, 4.69) is 4.72 Å². The van der Waals surface area contributed by atoms with Crippen molar-refractivity contribution in [2.24, 2.45) is 5.92 Å². The molecule has 4 amide bonds. The van der Waals surface area contributed by atoms with Crippen molar-refractivity contribution < 1.29 is 32.5 Å². The Kier molecular flexibility index (Phi) is 7.32. The second-order valence-electron chi connectivity index (χ2n) is 7.71. The molecule has 1 aliphatic heterocycles. The van der Waals surface area contributed by atoms with Crippen molar-refractivity contribution in [1.29, 1.82) is 0 Å². The second kappa shape index (κ2) is 9.19. The first kappa shape index (κ1) is 23.9. The number of carbonyl (C=O) groups is 4. The molecule has 1 unspecified atom stereocenters. The average molecular weight is 443 g/mol. The predicted octanol–water partition coefficient (Wildman–Crippen LogP) is 1.73. The third-order valence-corrected chi connectivity index (χ3v) is 6.06. The zero-order valence-corrected chi connectivity index (χ0v) is 17.8. The Morgan fingerprint density at radius 2 is 1.90 bits per heavy atom. The van der Waals surface area contributed by atoms with Gasteiger partial charge in [0.1, 0.15) is 4.75 Å². The predicted molar refractivity (Wildman–Crippen MR) is 104 cm³/mol. The Morgan fingerprint density at radius 1 is 1.27 bits per heavy atom. The van der Waals surface area contributed by atoms with Crippen molar-refractivity contribution in [2.75, 3.05) is 6.54 Å². The van der Waals surface area contributed by atoms with E-state index in [9.17, 15) is 32.5 Å². The molecular weight excluding hydrogens is 420 g/mol. The topological polar surface area (TPSA) is 119 Å².